The van der Waals surface area contributed by atoms with Crippen LogP contribution in [-0.4, -0.2) is 16.1 Å². The fraction of sp³-hybridized carbons (Fsp3) is 0.125. The lowest BCUT2D eigenvalue weighted by Crippen LogP contribution is -1.94. The molecule has 0 unspecified atom stereocenters. The highest BCUT2D eigenvalue weighted by atomic mass is 16.4. The lowest BCUT2D eigenvalue weighted by atomic mass is 10.1. The summed E-state index contributed by atoms with van der Waals surface area (Å²) in [5.74, 6) is -0.989. The number of hydrogen-bond donors (Lipinski definition) is 2. The van der Waals surface area contributed by atoms with Gasteiger partial charge in [-0.3, -0.25) is 0 Å². The van der Waals surface area contributed by atoms with Crippen LogP contribution < -0.4 is 5.32 Å². The maximum atomic E-state index is 10.9. The number of carboxylic acid groups (broad SMARTS) is 1. The number of aryl methyl sites for hydroxylation is 2. The summed E-state index contributed by atoms with van der Waals surface area (Å²) in [6.45, 7) is 4.00. The molecule has 0 amide bonds. The minimum Gasteiger partial charge on any atom is -0.478 e. The van der Waals surface area contributed by atoms with E-state index in [4.69, 9.17) is 9.52 Å². The summed E-state index contributed by atoms with van der Waals surface area (Å²) >= 11 is 0. The Hall–Kier alpha value is -2.82. The number of aromatic carboxylic acids is 1. The standard InChI is InChI=1S/C16H14N2O3/c1-9-3-4-10(2)13(7-9)18-16-17-12-6-5-11(15(19)20)8-14(12)21-16/h3-8H,1-2H3,(H,17,18)(H,19,20). The van der Waals surface area contributed by atoms with Crippen LogP contribution in [0.5, 0.6) is 0 Å². The van der Waals surface area contributed by atoms with Crippen molar-refractivity contribution >= 4 is 28.8 Å². The highest BCUT2D eigenvalue weighted by molar-refractivity contribution is 5.92. The smallest absolute Gasteiger partial charge is 0.335 e. The Kier molecular flexibility index (Phi) is 3.10. The Morgan fingerprint density at radius 2 is 2.00 bits per heavy atom. The molecule has 0 aliphatic carbocycles. The van der Waals surface area contributed by atoms with E-state index in [1.54, 1.807) is 6.07 Å². The summed E-state index contributed by atoms with van der Waals surface area (Å²) in [4.78, 5) is 15.3. The lowest BCUT2D eigenvalue weighted by Gasteiger charge is -2.06. The van der Waals surface area contributed by atoms with Crippen molar-refractivity contribution in [3.8, 4) is 0 Å². The summed E-state index contributed by atoms with van der Waals surface area (Å²) in [6, 6.07) is 11.0. The zero-order valence-corrected chi connectivity index (χ0v) is 11.7. The number of rotatable bonds is 3. The van der Waals surface area contributed by atoms with Crippen LogP contribution in [0.4, 0.5) is 11.7 Å². The molecule has 5 heteroatoms. The average molecular weight is 282 g/mol. The molecule has 21 heavy (non-hydrogen) atoms. The van der Waals surface area contributed by atoms with Crippen LogP contribution in [0.1, 0.15) is 21.5 Å². The first-order chi connectivity index (χ1) is 10.0. The third-order valence-electron chi connectivity index (χ3n) is 3.27. The molecule has 1 aromatic heterocycles. The zero-order valence-electron chi connectivity index (χ0n) is 11.7. The van der Waals surface area contributed by atoms with E-state index < -0.39 is 5.97 Å². The Morgan fingerprint density at radius 3 is 2.76 bits per heavy atom. The van der Waals surface area contributed by atoms with Gasteiger partial charge in [0.2, 0.25) is 0 Å². The first kappa shape index (κ1) is 13.2. The quantitative estimate of drug-likeness (QED) is 0.762. The molecular formula is C16H14N2O3. The second-order valence-electron chi connectivity index (χ2n) is 4.95. The molecule has 2 aromatic carbocycles. The fourth-order valence-corrected chi connectivity index (χ4v) is 2.10. The number of nitrogens with zero attached hydrogens (tertiary/aromatic N) is 1. The van der Waals surface area contributed by atoms with Crippen molar-refractivity contribution in [3.63, 3.8) is 0 Å². The number of hydrogen-bond acceptors (Lipinski definition) is 4. The maximum Gasteiger partial charge on any atom is 0.335 e. The predicted molar refractivity (Wildman–Crippen MR) is 80.2 cm³/mol. The van der Waals surface area contributed by atoms with Crippen LogP contribution in [0.25, 0.3) is 11.1 Å². The number of carboxylic acids is 1. The molecule has 0 spiro atoms. The van der Waals surface area contributed by atoms with Gasteiger partial charge in [0, 0.05) is 5.69 Å². The second-order valence-corrected chi connectivity index (χ2v) is 4.95. The Labute approximate surface area is 121 Å². The summed E-state index contributed by atoms with van der Waals surface area (Å²) in [5, 5.41) is 12.1. The Balaban J connectivity index is 1.97. The highest BCUT2D eigenvalue weighted by Crippen LogP contribution is 2.25. The van der Waals surface area contributed by atoms with E-state index in [1.165, 1.54) is 12.1 Å². The van der Waals surface area contributed by atoms with Crippen molar-refractivity contribution in [2.24, 2.45) is 0 Å². The Bertz CT molecular complexity index is 837. The van der Waals surface area contributed by atoms with Crippen LogP contribution in [0, 0.1) is 13.8 Å². The maximum absolute atomic E-state index is 10.9. The van der Waals surface area contributed by atoms with Crippen molar-refractivity contribution in [3.05, 3.63) is 53.1 Å². The number of anilines is 2. The molecule has 0 aliphatic rings. The lowest BCUT2D eigenvalue weighted by molar-refractivity contribution is 0.0697. The van der Waals surface area contributed by atoms with Crippen molar-refractivity contribution in [2.75, 3.05) is 5.32 Å². The fourth-order valence-electron chi connectivity index (χ4n) is 2.10. The third-order valence-corrected chi connectivity index (χ3v) is 3.27. The van der Waals surface area contributed by atoms with E-state index in [2.05, 4.69) is 10.3 Å². The summed E-state index contributed by atoms with van der Waals surface area (Å²) in [5.41, 5.74) is 4.37. The van der Waals surface area contributed by atoms with Gasteiger partial charge in [-0.05, 0) is 49.2 Å². The van der Waals surface area contributed by atoms with Crippen LogP contribution in [0.2, 0.25) is 0 Å². The topological polar surface area (TPSA) is 75.4 Å². The van der Waals surface area contributed by atoms with Gasteiger partial charge in [-0.1, -0.05) is 12.1 Å². The van der Waals surface area contributed by atoms with Gasteiger partial charge in [0.05, 0.1) is 5.56 Å². The van der Waals surface area contributed by atoms with Gasteiger partial charge in [0.1, 0.15) is 5.52 Å². The molecule has 0 saturated heterocycles. The zero-order chi connectivity index (χ0) is 15.0. The predicted octanol–water partition coefficient (Wildman–Crippen LogP) is 3.89. The molecular weight excluding hydrogens is 268 g/mol. The molecule has 3 aromatic rings. The van der Waals surface area contributed by atoms with Crippen LogP contribution in [-0.2, 0) is 0 Å². The van der Waals surface area contributed by atoms with Gasteiger partial charge in [-0.2, -0.15) is 4.98 Å². The van der Waals surface area contributed by atoms with Crippen molar-refractivity contribution < 1.29 is 14.3 Å². The van der Waals surface area contributed by atoms with Crippen molar-refractivity contribution in [1.29, 1.82) is 0 Å². The molecule has 0 saturated carbocycles. The number of aromatic nitrogens is 1. The largest absolute Gasteiger partial charge is 0.478 e. The molecule has 0 atom stereocenters. The monoisotopic (exact) mass is 282 g/mol. The number of carbonyl (C=O) groups is 1. The molecule has 0 bridgehead atoms. The normalized spacial score (nSPS) is 10.8. The SMILES string of the molecule is Cc1ccc(C)c(Nc2nc3ccc(C(=O)O)cc3o2)c1. The highest BCUT2D eigenvalue weighted by Gasteiger charge is 2.10. The molecule has 0 fully saturated rings. The van der Waals surface area contributed by atoms with Crippen molar-refractivity contribution in [1.82, 2.24) is 4.98 Å². The molecule has 2 N–H and O–H groups in total. The molecule has 3 rings (SSSR count). The molecule has 1 heterocycles. The van der Waals surface area contributed by atoms with Gasteiger partial charge in [0.15, 0.2) is 5.58 Å². The van der Waals surface area contributed by atoms with E-state index in [-0.39, 0.29) is 5.56 Å². The van der Waals surface area contributed by atoms with E-state index in [0.717, 1.165) is 16.8 Å². The minimum atomic E-state index is -0.989. The summed E-state index contributed by atoms with van der Waals surface area (Å²) in [7, 11) is 0. The second kappa shape index (κ2) is 4.94. The van der Waals surface area contributed by atoms with E-state index in [1.807, 2.05) is 32.0 Å². The van der Waals surface area contributed by atoms with E-state index in [0.29, 0.717) is 17.1 Å². The van der Waals surface area contributed by atoms with Crippen LogP contribution >= 0.6 is 0 Å². The van der Waals surface area contributed by atoms with Gasteiger partial charge in [-0.15, -0.1) is 0 Å². The van der Waals surface area contributed by atoms with E-state index in [9.17, 15) is 4.79 Å². The van der Waals surface area contributed by atoms with Gasteiger partial charge in [-0.25, -0.2) is 4.79 Å². The molecule has 106 valence electrons. The third kappa shape index (κ3) is 2.58. The van der Waals surface area contributed by atoms with E-state index >= 15 is 0 Å². The van der Waals surface area contributed by atoms with Gasteiger partial charge >= 0.3 is 5.97 Å². The summed E-state index contributed by atoms with van der Waals surface area (Å²) < 4.78 is 5.57. The first-order valence-electron chi connectivity index (χ1n) is 6.51. The van der Waals surface area contributed by atoms with Crippen LogP contribution in [0.3, 0.4) is 0 Å². The van der Waals surface area contributed by atoms with Crippen molar-refractivity contribution in [2.45, 2.75) is 13.8 Å². The Morgan fingerprint density at radius 1 is 1.19 bits per heavy atom. The number of fused-ring (bicyclic) bond motifs is 1. The van der Waals surface area contributed by atoms with Gasteiger partial charge < -0.3 is 14.8 Å². The van der Waals surface area contributed by atoms with Gasteiger partial charge in [0.25, 0.3) is 6.01 Å². The number of oxazole rings is 1. The average Bonchev–Trinajstić information content (AvgIpc) is 2.84. The number of nitrogens with one attached hydrogen (secondary N) is 1. The minimum absolute atomic E-state index is 0.178. The first-order valence-corrected chi connectivity index (χ1v) is 6.51. The molecule has 0 aliphatic heterocycles. The number of benzene rings is 2. The molecule has 0 radical (unpaired) electrons. The summed E-state index contributed by atoms with van der Waals surface area (Å²) in [6.07, 6.45) is 0. The van der Waals surface area contributed by atoms with Crippen LogP contribution in [0.15, 0.2) is 40.8 Å². The molecule has 5 nitrogen and oxygen atoms in total.